The molecule has 2 saturated heterocycles. The summed E-state index contributed by atoms with van der Waals surface area (Å²) in [4.78, 5) is 2.48. The van der Waals surface area contributed by atoms with E-state index in [1.54, 1.807) is 0 Å². The van der Waals surface area contributed by atoms with Crippen LogP contribution in [0.3, 0.4) is 0 Å². The van der Waals surface area contributed by atoms with Crippen LogP contribution >= 0.6 is 0 Å². The maximum atomic E-state index is 13.5. The third-order valence-electron chi connectivity index (χ3n) is 4.42. The smallest absolute Gasteiger partial charge is 0.243 e. The molecule has 116 valence electrons. The summed E-state index contributed by atoms with van der Waals surface area (Å²) < 4.78 is 40.4. The Morgan fingerprint density at radius 2 is 2.10 bits per heavy atom. The van der Waals surface area contributed by atoms with Gasteiger partial charge in [0.1, 0.15) is 5.82 Å². The molecule has 2 aliphatic heterocycles. The fourth-order valence-corrected chi connectivity index (χ4v) is 4.72. The minimum absolute atomic E-state index is 0.00834. The Morgan fingerprint density at radius 3 is 2.86 bits per heavy atom. The van der Waals surface area contributed by atoms with Crippen molar-refractivity contribution in [3.8, 4) is 0 Å². The summed E-state index contributed by atoms with van der Waals surface area (Å²) in [6, 6.07) is 4.18. The van der Waals surface area contributed by atoms with Crippen LogP contribution in [0, 0.1) is 5.82 Å². The number of piperazine rings is 1. The second-order valence-electron chi connectivity index (χ2n) is 5.65. The van der Waals surface area contributed by atoms with Gasteiger partial charge in [0.05, 0.1) is 4.90 Å². The second-order valence-corrected chi connectivity index (χ2v) is 7.59. The topological polar surface area (TPSA) is 66.6 Å². The van der Waals surface area contributed by atoms with Gasteiger partial charge in [-0.25, -0.2) is 12.8 Å². The first kappa shape index (κ1) is 14.9. The van der Waals surface area contributed by atoms with Gasteiger partial charge in [0.2, 0.25) is 10.0 Å². The van der Waals surface area contributed by atoms with Crippen molar-refractivity contribution in [3.63, 3.8) is 0 Å². The lowest BCUT2D eigenvalue weighted by Crippen LogP contribution is -2.51. The molecule has 0 radical (unpaired) electrons. The molecule has 2 N–H and O–H groups in total. The van der Waals surface area contributed by atoms with Crippen LogP contribution in [0.1, 0.15) is 18.4 Å². The molecule has 1 unspecified atom stereocenters. The van der Waals surface area contributed by atoms with Gasteiger partial charge in [-0.15, -0.1) is 0 Å². The van der Waals surface area contributed by atoms with Crippen LogP contribution < -0.4 is 5.73 Å². The summed E-state index contributed by atoms with van der Waals surface area (Å²) in [5.74, 6) is -0.461. The minimum Gasteiger partial charge on any atom is -0.326 e. The normalized spacial score (nSPS) is 24.2. The van der Waals surface area contributed by atoms with E-state index in [9.17, 15) is 12.8 Å². The number of nitrogens with zero attached hydrogens (tertiary/aromatic N) is 2. The van der Waals surface area contributed by atoms with E-state index in [4.69, 9.17) is 5.73 Å². The third kappa shape index (κ3) is 2.70. The molecule has 2 aliphatic rings. The molecule has 0 bridgehead atoms. The van der Waals surface area contributed by atoms with Gasteiger partial charge in [-0.2, -0.15) is 4.31 Å². The molecule has 1 aromatic rings. The molecule has 0 amide bonds. The quantitative estimate of drug-likeness (QED) is 0.894. The molecular formula is C14H20FN3O2S. The summed E-state index contributed by atoms with van der Waals surface area (Å²) in [5, 5.41) is 0. The first-order valence-electron chi connectivity index (χ1n) is 7.25. The predicted molar refractivity (Wildman–Crippen MR) is 77.6 cm³/mol. The third-order valence-corrected chi connectivity index (χ3v) is 6.29. The highest BCUT2D eigenvalue weighted by molar-refractivity contribution is 7.89. The summed E-state index contributed by atoms with van der Waals surface area (Å²) in [6.07, 6.45) is 2.18. The summed E-state index contributed by atoms with van der Waals surface area (Å²) >= 11 is 0. The van der Waals surface area contributed by atoms with Crippen molar-refractivity contribution in [2.24, 2.45) is 5.73 Å². The van der Waals surface area contributed by atoms with Gasteiger partial charge in [-0.05, 0) is 37.6 Å². The number of fused-ring (bicyclic) bond motifs is 1. The van der Waals surface area contributed by atoms with Crippen LogP contribution in [-0.2, 0) is 16.6 Å². The highest BCUT2D eigenvalue weighted by atomic mass is 32.2. The Kier molecular flexibility index (Phi) is 4.00. The zero-order valence-corrected chi connectivity index (χ0v) is 12.7. The number of benzene rings is 1. The number of halogens is 1. The van der Waals surface area contributed by atoms with Crippen molar-refractivity contribution in [3.05, 3.63) is 29.6 Å². The Hall–Kier alpha value is -1.02. The molecule has 0 aromatic heterocycles. The van der Waals surface area contributed by atoms with E-state index in [1.165, 1.54) is 22.5 Å². The van der Waals surface area contributed by atoms with Crippen molar-refractivity contribution in [1.29, 1.82) is 0 Å². The Morgan fingerprint density at radius 1 is 1.29 bits per heavy atom. The minimum atomic E-state index is -3.57. The van der Waals surface area contributed by atoms with Crippen molar-refractivity contribution in [2.75, 3.05) is 26.2 Å². The monoisotopic (exact) mass is 313 g/mol. The summed E-state index contributed by atoms with van der Waals surface area (Å²) in [6.45, 7) is 2.85. The van der Waals surface area contributed by atoms with E-state index < -0.39 is 15.8 Å². The van der Waals surface area contributed by atoms with E-state index in [-0.39, 0.29) is 17.0 Å². The highest BCUT2D eigenvalue weighted by Gasteiger charge is 2.36. The lowest BCUT2D eigenvalue weighted by Gasteiger charge is -2.36. The number of rotatable bonds is 3. The van der Waals surface area contributed by atoms with E-state index in [1.807, 2.05) is 0 Å². The van der Waals surface area contributed by atoms with E-state index in [2.05, 4.69) is 4.90 Å². The van der Waals surface area contributed by atoms with Gasteiger partial charge in [-0.1, -0.05) is 0 Å². The van der Waals surface area contributed by atoms with Crippen LogP contribution in [0.15, 0.2) is 23.1 Å². The van der Waals surface area contributed by atoms with Crippen molar-refractivity contribution < 1.29 is 12.8 Å². The molecule has 2 heterocycles. The van der Waals surface area contributed by atoms with Gasteiger partial charge in [0, 0.05) is 37.8 Å². The van der Waals surface area contributed by atoms with Gasteiger partial charge in [0.15, 0.2) is 0 Å². The standard InChI is InChI=1S/C14H20FN3O2S/c15-14-4-3-13(8-11(14)9-16)21(19,20)18-7-6-17-5-1-2-12(17)10-18/h3-4,8,12H,1-2,5-7,9-10,16H2. The SMILES string of the molecule is NCc1cc(S(=O)(=O)N2CCN3CCCC3C2)ccc1F. The molecule has 0 aliphatic carbocycles. The maximum absolute atomic E-state index is 13.5. The molecule has 3 rings (SSSR count). The van der Waals surface area contributed by atoms with Crippen molar-refractivity contribution in [1.82, 2.24) is 9.21 Å². The zero-order chi connectivity index (χ0) is 15.0. The highest BCUT2D eigenvalue weighted by Crippen LogP contribution is 2.26. The maximum Gasteiger partial charge on any atom is 0.243 e. The lowest BCUT2D eigenvalue weighted by atomic mass is 10.2. The number of hydrogen-bond acceptors (Lipinski definition) is 4. The molecule has 2 fully saturated rings. The van der Waals surface area contributed by atoms with E-state index >= 15 is 0 Å². The van der Waals surface area contributed by atoms with E-state index in [0.29, 0.717) is 19.1 Å². The van der Waals surface area contributed by atoms with Gasteiger partial charge < -0.3 is 5.73 Å². The van der Waals surface area contributed by atoms with Crippen LogP contribution in [-0.4, -0.2) is 49.8 Å². The van der Waals surface area contributed by atoms with Gasteiger partial charge in [-0.3, -0.25) is 4.90 Å². The molecule has 0 saturated carbocycles. The van der Waals surface area contributed by atoms with Crippen LogP contribution in [0.5, 0.6) is 0 Å². The van der Waals surface area contributed by atoms with Crippen LogP contribution in [0.2, 0.25) is 0 Å². The first-order valence-corrected chi connectivity index (χ1v) is 8.69. The Labute approximate surface area is 124 Å². The van der Waals surface area contributed by atoms with Crippen molar-refractivity contribution >= 4 is 10.0 Å². The molecule has 0 spiro atoms. The number of nitrogens with two attached hydrogens (primary N) is 1. The molecular weight excluding hydrogens is 293 g/mol. The molecule has 21 heavy (non-hydrogen) atoms. The zero-order valence-electron chi connectivity index (χ0n) is 11.8. The predicted octanol–water partition coefficient (Wildman–Crippen LogP) is 0.753. The largest absolute Gasteiger partial charge is 0.326 e. The molecule has 1 atom stereocenters. The average Bonchev–Trinajstić information content (AvgIpc) is 2.94. The lowest BCUT2D eigenvalue weighted by molar-refractivity contribution is 0.158. The fraction of sp³-hybridized carbons (Fsp3) is 0.571. The van der Waals surface area contributed by atoms with E-state index in [0.717, 1.165) is 25.9 Å². The molecule has 1 aromatic carbocycles. The molecule has 5 nitrogen and oxygen atoms in total. The number of sulfonamides is 1. The molecule has 7 heteroatoms. The fourth-order valence-electron chi connectivity index (χ4n) is 3.20. The number of hydrogen-bond donors (Lipinski definition) is 1. The second kappa shape index (κ2) is 5.64. The van der Waals surface area contributed by atoms with Crippen molar-refractivity contribution in [2.45, 2.75) is 30.3 Å². The average molecular weight is 313 g/mol. The Balaban J connectivity index is 1.86. The van der Waals surface area contributed by atoms with Gasteiger partial charge >= 0.3 is 0 Å². The Bertz CT molecular complexity index is 635. The van der Waals surface area contributed by atoms with Gasteiger partial charge in [0.25, 0.3) is 0 Å². The first-order chi connectivity index (χ1) is 10.0. The van der Waals surface area contributed by atoms with Crippen LogP contribution in [0.4, 0.5) is 4.39 Å². The summed E-state index contributed by atoms with van der Waals surface area (Å²) in [7, 11) is -3.57. The van der Waals surface area contributed by atoms with Crippen LogP contribution in [0.25, 0.3) is 0 Å². The summed E-state index contributed by atoms with van der Waals surface area (Å²) in [5.41, 5.74) is 5.69.